The van der Waals surface area contributed by atoms with E-state index in [0.717, 1.165) is 5.92 Å². The van der Waals surface area contributed by atoms with Gasteiger partial charge in [0.15, 0.2) is 0 Å². The lowest BCUT2D eigenvalue weighted by atomic mass is 9.79. The summed E-state index contributed by atoms with van der Waals surface area (Å²) in [7, 11) is 0. The lowest BCUT2D eigenvalue weighted by molar-refractivity contribution is -0.0947. The van der Waals surface area contributed by atoms with Crippen LogP contribution in [0.4, 0.5) is 0 Å². The highest BCUT2D eigenvalue weighted by Gasteiger charge is 2.31. The molecule has 100 valence electrons. The lowest BCUT2D eigenvalue weighted by Crippen LogP contribution is -2.41. The van der Waals surface area contributed by atoms with Gasteiger partial charge in [0.1, 0.15) is 0 Å². The van der Waals surface area contributed by atoms with E-state index in [4.69, 9.17) is 4.74 Å². The molecule has 2 rings (SSSR count). The molecule has 17 heavy (non-hydrogen) atoms. The zero-order valence-electron chi connectivity index (χ0n) is 11.7. The molecule has 2 fully saturated rings. The van der Waals surface area contributed by atoms with Crippen LogP contribution in [-0.2, 0) is 4.74 Å². The minimum Gasteiger partial charge on any atom is -0.375 e. The zero-order chi connectivity index (χ0) is 12.1. The Balaban J connectivity index is 1.57. The number of rotatable bonds is 6. The molecule has 0 aromatic carbocycles. The molecule has 2 heteroatoms. The van der Waals surface area contributed by atoms with Crippen molar-refractivity contribution in [3.8, 4) is 0 Å². The summed E-state index contributed by atoms with van der Waals surface area (Å²) in [6, 6.07) is 0. The molecule has 2 aliphatic rings. The van der Waals surface area contributed by atoms with Gasteiger partial charge in [0, 0.05) is 13.1 Å². The van der Waals surface area contributed by atoms with Gasteiger partial charge in [-0.15, -0.1) is 0 Å². The fourth-order valence-corrected chi connectivity index (χ4v) is 3.29. The fraction of sp³-hybridized carbons (Fsp3) is 1.00. The number of piperidine rings is 1. The first-order chi connectivity index (χ1) is 8.31. The van der Waals surface area contributed by atoms with Crippen LogP contribution in [0.15, 0.2) is 0 Å². The van der Waals surface area contributed by atoms with Crippen LogP contribution in [0.25, 0.3) is 0 Å². The Labute approximate surface area is 107 Å². The number of hydrogen-bond acceptors (Lipinski definition) is 2. The molecule has 0 aromatic rings. The number of ether oxygens (including phenoxy) is 1. The quantitative estimate of drug-likeness (QED) is 0.704. The summed E-state index contributed by atoms with van der Waals surface area (Å²) < 4.78 is 6.20. The van der Waals surface area contributed by atoms with Gasteiger partial charge >= 0.3 is 0 Å². The average Bonchev–Trinajstić information content (AvgIpc) is 2.29. The molecule has 0 aromatic heterocycles. The predicted octanol–water partition coefficient (Wildman–Crippen LogP) is 3.46. The van der Waals surface area contributed by atoms with Gasteiger partial charge in [-0.2, -0.15) is 0 Å². The van der Waals surface area contributed by atoms with E-state index in [1.807, 2.05) is 0 Å². The van der Waals surface area contributed by atoms with Gasteiger partial charge in [-0.1, -0.05) is 26.7 Å². The highest BCUT2D eigenvalue weighted by atomic mass is 16.5. The average molecular weight is 239 g/mol. The maximum atomic E-state index is 6.20. The largest absolute Gasteiger partial charge is 0.375 e. The summed E-state index contributed by atoms with van der Waals surface area (Å²) in [6.45, 7) is 8.34. The fourth-order valence-electron chi connectivity index (χ4n) is 3.29. The Hall–Kier alpha value is -0.0800. The van der Waals surface area contributed by atoms with Gasteiger partial charge in [0.05, 0.1) is 12.2 Å². The summed E-state index contributed by atoms with van der Waals surface area (Å²) in [5, 5.41) is 0. The molecule has 1 heterocycles. The Bertz CT molecular complexity index is 205. The van der Waals surface area contributed by atoms with Gasteiger partial charge in [0.2, 0.25) is 0 Å². The van der Waals surface area contributed by atoms with Crippen molar-refractivity contribution in [3.05, 3.63) is 0 Å². The second-order valence-electron chi connectivity index (χ2n) is 5.93. The second-order valence-corrected chi connectivity index (χ2v) is 5.93. The van der Waals surface area contributed by atoms with Gasteiger partial charge < -0.3 is 9.64 Å². The van der Waals surface area contributed by atoms with Crippen molar-refractivity contribution in [1.82, 2.24) is 4.90 Å². The minimum absolute atomic E-state index is 0.565. The highest BCUT2D eigenvalue weighted by Crippen LogP contribution is 2.35. The van der Waals surface area contributed by atoms with E-state index in [1.165, 1.54) is 64.6 Å². The molecule has 1 saturated heterocycles. The summed E-state index contributed by atoms with van der Waals surface area (Å²) in [4.78, 5) is 2.58. The Morgan fingerprint density at radius 3 is 2.29 bits per heavy atom. The van der Waals surface area contributed by atoms with Crippen molar-refractivity contribution in [1.29, 1.82) is 0 Å². The molecule has 1 aliphatic heterocycles. The van der Waals surface area contributed by atoms with E-state index < -0.39 is 0 Å². The lowest BCUT2D eigenvalue weighted by Gasteiger charge is -2.40. The molecule has 0 amide bonds. The summed E-state index contributed by atoms with van der Waals surface area (Å²) in [5.74, 6) is 0.977. The highest BCUT2D eigenvalue weighted by molar-refractivity contribution is 4.82. The Morgan fingerprint density at radius 1 is 1.00 bits per heavy atom. The van der Waals surface area contributed by atoms with Gasteiger partial charge in [0.25, 0.3) is 0 Å². The Morgan fingerprint density at radius 2 is 1.71 bits per heavy atom. The standard InChI is InChI=1S/C15H29NO/c1-3-5-13-11-15(12-13)17-14-6-9-16(8-4-2)10-7-14/h13-15H,3-12H2,1-2H3/t13-,15-. The predicted molar refractivity (Wildman–Crippen MR) is 72.3 cm³/mol. The molecule has 1 aliphatic carbocycles. The first kappa shape index (κ1) is 13.4. The molecule has 0 bridgehead atoms. The normalized spacial score (nSPS) is 31.4. The Kier molecular flexibility index (Phi) is 5.30. The van der Waals surface area contributed by atoms with Crippen molar-refractivity contribution in [2.24, 2.45) is 5.92 Å². The van der Waals surface area contributed by atoms with E-state index in [9.17, 15) is 0 Å². The SMILES string of the molecule is CCCN1CCC(O[C@H]2C[C@H](CCC)C2)CC1. The smallest absolute Gasteiger partial charge is 0.0603 e. The zero-order valence-corrected chi connectivity index (χ0v) is 11.7. The third-order valence-electron chi connectivity index (χ3n) is 4.35. The van der Waals surface area contributed by atoms with Gasteiger partial charge in [-0.25, -0.2) is 0 Å². The van der Waals surface area contributed by atoms with Crippen LogP contribution in [-0.4, -0.2) is 36.7 Å². The molecule has 0 unspecified atom stereocenters. The summed E-state index contributed by atoms with van der Waals surface area (Å²) >= 11 is 0. The molecule has 1 saturated carbocycles. The van der Waals surface area contributed by atoms with E-state index in [2.05, 4.69) is 18.7 Å². The van der Waals surface area contributed by atoms with Crippen LogP contribution in [0.3, 0.4) is 0 Å². The van der Waals surface area contributed by atoms with Crippen LogP contribution in [0, 0.1) is 5.92 Å². The monoisotopic (exact) mass is 239 g/mol. The molecule has 0 radical (unpaired) electrons. The molecular formula is C15H29NO. The topological polar surface area (TPSA) is 12.5 Å². The van der Waals surface area contributed by atoms with E-state index in [1.54, 1.807) is 0 Å². The van der Waals surface area contributed by atoms with Crippen LogP contribution >= 0.6 is 0 Å². The molecule has 0 spiro atoms. The van der Waals surface area contributed by atoms with Crippen LogP contribution in [0.5, 0.6) is 0 Å². The summed E-state index contributed by atoms with van der Waals surface area (Å²) in [6.07, 6.45) is 10.4. The second kappa shape index (κ2) is 6.75. The third kappa shape index (κ3) is 3.96. The first-order valence-electron chi connectivity index (χ1n) is 7.69. The van der Waals surface area contributed by atoms with Gasteiger partial charge in [-0.05, 0) is 44.6 Å². The van der Waals surface area contributed by atoms with Crippen LogP contribution in [0.2, 0.25) is 0 Å². The minimum atomic E-state index is 0.565. The van der Waals surface area contributed by atoms with E-state index in [-0.39, 0.29) is 0 Å². The maximum absolute atomic E-state index is 6.20. The van der Waals surface area contributed by atoms with Crippen molar-refractivity contribution < 1.29 is 4.74 Å². The molecule has 0 N–H and O–H groups in total. The van der Waals surface area contributed by atoms with Crippen LogP contribution < -0.4 is 0 Å². The molecule has 0 atom stereocenters. The van der Waals surface area contributed by atoms with Crippen LogP contribution in [0.1, 0.15) is 58.8 Å². The van der Waals surface area contributed by atoms with E-state index >= 15 is 0 Å². The third-order valence-corrected chi connectivity index (χ3v) is 4.35. The maximum Gasteiger partial charge on any atom is 0.0603 e. The van der Waals surface area contributed by atoms with Crippen molar-refractivity contribution in [3.63, 3.8) is 0 Å². The number of likely N-dealkylation sites (tertiary alicyclic amines) is 1. The number of nitrogens with zero attached hydrogens (tertiary/aromatic N) is 1. The van der Waals surface area contributed by atoms with Crippen molar-refractivity contribution in [2.45, 2.75) is 71.0 Å². The van der Waals surface area contributed by atoms with E-state index in [0.29, 0.717) is 12.2 Å². The molecular weight excluding hydrogens is 210 g/mol. The van der Waals surface area contributed by atoms with Gasteiger partial charge in [-0.3, -0.25) is 0 Å². The summed E-state index contributed by atoms with van der Waals surface area (Å²) in [5.41, 5.74) is 0. The van der Waals surface area contributed by atoms with Crippen molar-refractivity contribution in [2.75, 3.05) is 19.6 Å². The van der Waals surface area contributed by atoms with Crippen molar-refractivity contribution >= 4 is 0 Å². The molecule has 2 nitrogen and oxygen atoms in total. The number of hydrogen-bond donors (Lipinski definition) is 0. The first-order valence-corrected chi connectivity index (χ1v) is 7.69.